The molecule has 0 aromatic carbocycles. The maximum absolute atomic E-state index is 14.2. The first-order valence-corrected chi connectivity index (χ1v) is 14.9. The summed E-state index contributed by atoms with van der Waals surface area (Å²) >= 11 is 0. The van der Waals surface area contributed by atoms with Crippen molar-refractivity contribution in [3.63, 3.8) is 0 Å². The first-order chi connectivity index (χ1) is 19.1. The van der Waals surface area contributed by atoms with Crippen molar-refractivity contribution in [3.05, 3.63) is 0 Å². The number of carboxylic acid groups (broad SMARTS) is 1. The van der Waals surface area contributed by atoms with Gasteiger partial charge in [0.1, 0.15) is 18.1 Å². The molecule has 236 valence electrons. The zero-order valence-corrected chi connectivity index (χ0v) is 26.2. The van der Waals surface area contributed by atoms with Crippen molar-refractivity contribution < 1.29 is 33.9 Å². The van der Waals surface area contributed by atoms with Crippen molar-refractivity contribution in [1.29, 1.82) is 0 Å². The molecule has 1 unspecified atom stereocenters. The van der Waals surface area contributed by atoms with E-state index in [4.69, 9.17) is 5.73 Å². The summed E-state index contributed by atoms with van der Waals surface area (Å²) in [5, 5.41) is 17.6. The van der Waals surface area contributed by atoms with Gasteiger partial charge >= 0.3 is 12.0 Å². The van der Waals surface area contributed by atoms with Crippen LogP contribution in [0, 0.1) is 34.0 Å². The van der Waals surface area contributed by atoms with Crippen molar-refractivity contribution in [2.75, 3.05) is 6.54 Å². The van der Waals surface area contributed by atoms with Crippen LogP contribution in [-0.2, 0) is 24.0 Å². The number of fused-ring (bicyclic) bond motifs is 1. The molecule has 3 fully saturated rings. The van der Waals surface area contributed by atoms with Crippen molar-refractivity contribution >= 4 is 35.5 Å². The van der Waals surface area contributed by atoms with Crippen LogP contribution in [0.5, 0.6) is 0 Å². The summed E-state index contributed by atoms with van der Waals surface area (Å²) in [6, 6.07) is -5.04. The lowest BCUT2D eigenvalue weighted by Crippen LogP contribution is -2.62. The number of aliphatic carboxylic acids is 1. The summed E-state index contributed by atoms with van der Waals surface area (Å²) in [5.74, 6) is -4.05. The predicted octanol–water partition coefficient (Wildman–Crippen LogP) is 1.80. The first kappa shape index (κ1) is 33.3. The summed E-state index contributed by atoms with van der Waals surface area (Å²) in [4.78, 5) is 78.8. The minimum absolute atomic E-state index is 0.0286. The van der Waals surface area contributed by atoms with Gasteiger partial charge in [-0.15, -0.1) is 0 Å². The third-order valence-electron chi connectivity index (χ3n) is 9.42. The number of carboxylic acids is 1. The molecule has 1 heterocycles. The van der Waals surface area contributed by atoms with Crippen LogP contribution in [0.25, 0.3) is 0 Å². The third kappa shape index (κ3) is 7.06. The van der Waals surface area contributed by atoms with Gasteiger partial charge < -0.3 is 31.7 Å². The number of nitrogens with zero attached hydrogens (tertiary/aromatic N) is 1. The Labute approximate surface area is 248 Å². The molecule has 3 aliphatic rings. The lowest BCUT2D eigenvalue weighted by molar-refractivity contribution is -0.144. The fourth-order valence-electron chi connectivity index (χ4n) is 6.64. The number of hydrogen-bond donors (Lipinski definition) is 5. The Bertz CT molecular complexity index is 1120. The molecule has 0 aromatic heterocycles. The molecule has 5 amide bonds. The highest BCUT2D eigenvalue weighted by Crippen LogP contribution is 2.57. The molecule has 0 bridgehead atoms. The predicted molar refractivity (Wildman–Crippen MR) is 155 cm³/mol. The van der Waals surface area contributed by atoms with E-state index in [-0.39, 0.29) is 23.2 Å². The molecule has 0 aromatic rings. The van der Waals surface area contributed by atoms with Crippen LogP contribution in [0.4, 0.5) is 4.79 Å². The Morgan fingerprint density at radius 2 is 1.48 bits per heavy atom. The van der Waals surface area contributed by atoms with E-state index in [0.717, 1.165) is 19.3 Å². The SMILES string of the molecule is CC(C)(C)[C@H](NC(=O)N[C@@H](C(=O)O)C(C)(C)C)C(=O)N1C[C@H]2[C@H](CC2(C)C)[C@H]1C(=O)NC(CC1CCC1)C(=O)C(N)=O. The third-order valence-corrected chi connectivity index (χ3v) is 9.42. The van der Waals surface area contributed by atoms with E-state index < -0.39 is 70.5 Å². The molecule has 12 nitrogen and oxygen atoms in total. The molecule has 12 heteroatoms. The zero-order chi connectivity index (χ0) is 31.9. The van der Waals surface area contributed by atoms with Crippen LogP contribution in [0.1, 0.15) is 87.5 Å². The Hall–Kier alpha value is -3.18. The van der Waals surface area contributed by atoms with E-state index in [1.807, 2.05) is 0 Å². The second-order valence-electron chi connectivity index (χ2n) is 15.3. The molecule has 0 spiro atoms. The molecular formula is C30H49N5O7. The van der Waals surface area contributed by atoms with Crippen LogP contribution >= 0.6 is 0 Å². The number of nitrogens with one attached hydrogen (secondary N) is 3. The summed E-state index contributed by atoms with van der Waals surface area (Å²) in [7, 11) is 0. The van der Waals surface area contributed by atoms with Crippen molar-refractivity contribution in [3.8, 4) is 0 Å². The van der Waals surface area contributed by atoms with Gasteiger partial charge in [-0.2, -0.15) is 0 Å². The Kier molecular flexibility index (Phi) is 9.39. The van der Waals surface area contributed by atoms with Crippen molar-refractivity contribution in [1.82, 2.24) is 20.9 Å². The second-order valence-corrected chi connectivity index (χ2v) is 15.3. The maximum atomic E-state index is 14.2. The zero-order valence-electron chi connectivity index (χ0n) is 26.2. The first-order valence-electron chi connectivity index (χ1n) is 14.9. The summed E-state index contributed by atoms with van der Waals surface area (Å²) in [6.07, 6.45) is 3.85. The van der Waals surface area contributed by atoms with E-state index in [1.165, 1.54) is 4.90 Å². The van der Waals surface area contributed by atoms with Gasteiger partial charge in [-0.05, 0) is 46.8 Å². The smallest absolute Gasteiger partial charge is 0.326 e. The maximum Gasteiger partial charge on any atom is 0.326 e. The van der Waals surface area contributed by atoms with Gasteiger partial charge in [0.05, 0.1) is 6.04 Å². The van der Waals surface area contributed by atoms with E-state index >= 15 is 0 Å². The molecular weight excluding hydrogens is 542 g/mol. The molecule has 1 aliphatic heterocycles. The van der Waals surface area contributed by atoms with Crippen LogP contribution in [-0.4, -0.2) is 76.2 Å². The highest BCUT2D eigenvalue weighted by atomic mass is 16.4. The van der Waals surface area contributed by atoms with Gasteiger partial charge in [-0.3, -0.25) is 19.2 Å². The number of urea groups is 1. The number of rotatable bonds is 10. The fraction of sp³-hybridized carbons (Fsp3) is 0.800. The number of hydrogen-bond acceptors (Lipinski definition) is 6. The Morgan fingerprint density at radius 1 is 0.929 bits per heavy atom. The monoisotopic (exact) mass is 591 g/mol. The van der Waals surface area contributed by atoms with Gasteiger partial charge in [0.15, 0.2) is 0 Å². The Morgan fingerprint density at radius 3 is 1.90 bits per heavy atom. The number of ketones is 1. The van der Waals surface area contributed by atoms with Crippen molar-refractivity contribution in [2.45, 2.75) is 112 Å². The average molecular weight is 592 g/mol. The summed E-state index contributed by atoms with van der Waals surface area (Å²) in [6.45, 7) is 14.8. The number of Topliss-reactive ketones (excluding diaryl/α,β-unsaturated/α-hetero) is 1. The highest BCUT2D eigenvalue weighted by Gasteiger charge is 2.61. The topological polar surface area (TPSA) is 188 Å². The fourth-order valence-corrected chi connectivity index (χ4v) is 6.64. The molecule has 6 N–H and O–H groups in total. The number of carbonyl (C=O) groups excluding carboxylic acids is 5. The molecule has 0 radical (unpaired) electrons. The average Bonchev–Trinajstić information content (AvgIpc) is 3.14. The van der Waals surface area contributed by atoms with Crippen LogP contribution in [0.2, 0.25) is 0 Å². The highest BCUT2D eigenvalue weighted by molar-refractivity contribution is 6.37. The lowest BCUT2D eigenvalue weighted by Gasteiger charge is -2.48. The minimum atomic E-state index is -1.20. The number of amides is 5. The van der Waals surface area contributed by atoms with E-state index in [1.54, 1.807) is 41.5 Å². The molecule has 1 saturated heterocycles. The number of carbonyl (C=O) groups is 6. The van der Waals surface area contributed by atoms with E-state index in [9.17, 15) is 33.9 Å². The van der Waals surface area contributed by atoms with Crippen molar-refractivity contribution in [2.24, 2.45) is 39.7 Å². The largest absolute Gasteiger partial charge is 0.480 e. The van der Waals surface area contributed by atoms with Crippen LogP contribution in [0.3, 0.4) is 0 Å². The minimum Gasteiger partial charge on any atom is -0.480 e. The molecule has 2 saturated carbocycles. The van der Waals surface area contributed by atoms with Gasteiger partial charge in [0.25, 0.3) is 5.91 Å². The summed E-state index contributed by atoms with van der Waals surface area (Å²) in [5.41, 5.74) is 3.61. The molecule has 3 rings (SSSR count). The molecule has 6 atom stereocenters. The number of primary amides is 1. The second kappa shape index (κ2) is 11.8. The van der Waals surface area contributed by atoms with Gasteiger partial charge in [0.2, 0.25) is 17.6 Å². The van der Waals surface area contributed by atoms with E-state index in [0.29, 0.717) is 19.4 Å². The number of nitrogens with two attached hydrogens (primary N) is 1. The summed E-state index contributed by atoms with van der Waals surface area (Å²) < 4.78 is 0. The van der Waals surface area contributed by atoms with Gasteiger partial charge in [-0.1, -0.05) is 74.7 Å². The molecule has 2 aliphatic carbocycles. The lowest BCUT2D eigenvalue weighted by atomic mass is 9.55. The van der Waals surface area contributed by atoms with Gasteiger partial charge in [0, 0.05) is 6.54 Å². The van der Waals surface area contributed by atoms with Gasteiger partial charge in [-0.25, -0.2) is 9.59 Å². The van der Waals surface area contributed by atoms with Crippen LogP contribution in [0.15, 0.2) is 0 Å². The van der Waals surface area contributed by atoms with E-state index in [2.05, 4.69) is 29.8 Å². The normalized spacial score (nSPS) is 25.5. The standard InChI is InChI=1S/C30H49N5O7/c1-28(2,3)21(33-27(42)34-22(26(40)41)29(4,5)6)25(39)35-14-17-16(13-30(17,7)8)19(35)24(38)32-18(20(36)23(31)37)12-15-10-9-11-15/h15-19,21-22H,9-14H2,1-8H3,(H2,31,37)(H,32,38)(H,40,41)(H2,33,34,42)/t16-,17-,18?,19-,21+,22-/m0/s1. The quantitative estimate of drug-likeness (QED) is 0.239. The van der Waals surface area contributed by atoms with Crippen LogP contribution < -0.4 is 21.7 Å². The molecule has 42 heavy (non-hydrogen) atoms. The Balaban J connectivity index is 1.87. The number of likely N-dealkylation sites (tertiary alicyclic amines) is 1.